The molecule has 108 valence electrons. The van der Waals surface area contributed by atoms with E-state index < -0.39 is 0 Å². The average Bonchev–Trinajstić information content (AvgIpc) is 2.89. The Labute approximate surface area is 131 Å². The molecule has 0 aliphatic rings. The lowest BCUT2D eigenvalue weighted by Gasteiger charge is -2.17. The highest BCUT2D eigenvalue weighted by atomic mass is 79.9. The quantitative estimate of drug-likeness (QED) is 0.724. The van der Waals surface area contributed by atoms with Crippen molar-refractivity contribution in [3.8, 4) is 0 Å². The van der Waals surface area contributed by atoms with E-state index in [2.05, 4.69) is 26.2 Å². The number of hydrogen-bond donors (Lipinski definition) is 2. The number of benzene rings is 1. The van der Waals surface area contributed by atoms with Crippen molar-refractivity contribution in [3.05, 3.63) is 52.5 Å². The molecule has 1 atom stereocenters. The number of nitrogens with one attached hydrogen (secondary N) is 1. The van der Waals surface area contributed by atoms with Crippen LogP contribution in [0.5, 0.6) is 0 Å². The molecule has 1 unspecified atom stereocenters. The first kappa shape index (κ1) is 13.9. The number of rotatable bonds is 3. The highest BCUT2D eigenvalue weighted by molar-refractivity contribution is 9.10. The number of nitrogens with zero attached hydrogens (tertiary/aromatic N) is 1. The van der Waals surface area contributed by atoms with E-state index in [-0.39, 0.29) is 6.04 Å². The number of furan rings is 1. The molecule has 0 saturated carbocycles. The van der Waals surface area contributed by atoms with Crippen LogP contribution in [0.1, 0.15) is 24.5 Å². The van der Waals surface area contributed by atoms with Gasteiger partial charge in [-0.05, 0) is 44.2 Å². The molecule has 5 heteroatoms. The van der Waals surface area contributed by atoms with E-state index in [0.717, 1.165) is 32.6 Å². The maximum absolute atomic E-state index is 6.10. The number of hydrogen-bond acceptors (Lipinski definition) is 4. The molecule has 1 aromatic carbocycles. The molecule has 0 saturated heterocycles. The molecule has 0 spiro atoms. The Balaban J connectivity index is 2.03. The van der Waals surface area contributed by atoms with Gasteiger partial charge in [-0.25, -0.2) is 0 Å². The minimum Gasteiger partial charge on any atom is -0.464 e. The van der Waals surface area contributed by atoms with Crippen LogP contribution in [-0.4, -0.2) is 4.98 Å². The van der Waals surface area contributed by atoms with Crippen molar-refractivity contribution in [1.82, 2.24) is 4.98 Å². The normalized spacial score (nSPS) is 12.5. The van der Waals surface area contributed by atoms with Crippen molar-refractivity contribution < 1.29 is 4.42 Å². The van der Waals surface area contributed by atoms with Crippen molar-refractivity contribution in [3.63, 3.8) is 0 Å². The van der Waals surface area contributed by atoms with Crippen LogP contribution in [0.15, 0.2) is 45.4 Å². The number of aromatic nitrogens is 1. The van der Waals surface area contributed by atoms with E-state index in [1.807, 2.05) is 44.2 Å². The van der Waals surface area contributed by atoms with E-state index >= 15 is 0 Å². The van der Waals surface area contributed by atoms with E-state index in [1.54, 1.807) is 6.20 Å². The van der Waals surface area contributed by atoms with Gasteiger partial charge in [0.1, 0.15) is 11.5 Å². The molecular weight excluding hydrogens is 330 g/mol. The molecule has 0 fully saturated rings. The summed E-state index contributed by atoms with van der Waals surface area (Å²) >= 11 is 3.49. The van der Waals surface area contributed by atoms with Crippen molar-refractivity contribution in [1.29, 1.82) is 0 Å². The van der Waals surface area contributed by atoms with Crippen LogP contribution >= 0.6 is 15.9 Å². The molecule has 0 aliphatic heterocycles. The molecule has 4 nitrogen and oxygen atoms in total. The highest BCUT2D eigenvalue weighted by Gasteiger charge is 2.14. The summed E-state index contributed by atoms with van der Waals surface area (Å²) in [5.74, 6) is 1.78. The van der Waals surface area contributed by atoms with E-state index in [1.165, 1.54) is 0 Å². The molecule has 3 rings (SSSR count). The summed E-state index contributed by atoms with van der Waals surface area (Å²) in [6.45, 7) is 3.98. The van der Waals surface area contributed by atoms with Crippen LogP contribution in [0.3, 0.4) is 0 Å². The van der Waals surface area contributed by atoms with Crippen LogP contribution < -0.4 is 11.1 Å². The van der Waals surface area contributed by atoms with Crippen molar-refractivity contribution >= 4 is 38.2 Å². The summed E-state index contributed by atoms with van der Waals surface area (Å²) in [6, 6.07) is 9.90. The van der Waals surface area contributed by atoms with Gasteiger partial charge >= 0.3 is 0 Å². The third-order valence-electron chi connectivity index (χ3n) is 3.41. The molecule has 2 aromatic heterocycles. The van der Waals surface area contributed by atoms with Gasteiger partial charge in [0.15, 0.2) is 0 Å². The van der Waals surface area contributed by atoms with E-state index in [9.17, 15) is 0 Å². The van der Waals surface area contributed by atoms with Gasteiger partial charge < -0.3 is 15.5 Å². The first-order valence-corrected chi connectivity index (χ1v) is 7.50. The van der Waals surface area contributed by atoms with Crippen LogP contribution in [0.25, 0.3) is 10.9 Å². The summed E-state index contributed by atoms with van der Waals surface area (Å²) < 4.78 is 6.66. The maximum atomic E-state index is 6.10. The Hall–Kier alpha value is -2.01. The van der Waals surface area contributed by atoms with E-state index in [0.29, 0.717) is 5.69 Å². The fourth-order valence-corrected chi connectivity index (χ4v) is 2.68. The highest BCUT2D eigenvalue weighted by Crippen LogP contribution is 2.33. The number of nitrogen functional groups attached to an aromatic ring is 1. The fraction of sp³-hybridized carbons (Fsp3) is 0.188. The third kappa shape index (κ3) is 2.74. The molecule has 3 aromatic rings. The fourth-order valence-electron chi connectivity index (χ4n) is 2.32. The Bertz CT molecular complexity index is 792. The Morgan fingerprint density at radius 3 is 2.81 bits per heavy atom. The summed E-state index contributed by atoms with van der Waals surface area (Å²) in [5.41, 5.74) is 8.50. The van der Waals surface area contributed by atoms with Crippen LogP contribution in [0.4, 0.5) is 11.4 Å². The van der Waals surface area contributed by atoms with Gasteiger partial charge in [0.2, 0.25) is 0 Å². The first-order valence-electron chi connectivity index (χ1n) is 6.71. The Kier molecular flexibility index (Phi) is 3.59. The second kappa shape index (κ2) is 5.41. The average molecular weight is 346 g/mol. The molecule has 3 N–H and O–H groups in total. The zero-order valence-electron chi connectivity index (χ0n) is 11.9. The number of aryl methyl sites for hydroxylation is 1. The third-order valence-corrected chi connectivity index (χ3v) is 3.90. The standard InChI is InChI=1S/C16H16BrN3O/c1-9-3-6-15(21-9)10(2)20-16-12-7-11(17)4-5-14(12)19-8-13(16)18/h3-8,10H,18H2,1-2H3,(H,19,20). The zero-order valence-corrected chi connectivity index (χ0v) is 13.4. The molecule has 0 bridgehead atoms. The molecule has 0 aliphatic carbocycles. The second-order valence-electron chi connectivity index (χ2n) is 5.06. The maximum Gasteiger partial charge on any atom is 0.126 e. The largest absolute Gasteiger partial charge is 0.464 e. The summed E-state index contributed by atoms with van der Waals surface area (Å²) in [4.78, 5) is 4.36. The number of halogens is 1. The minimum absolute atomic E-state index is 0.0191. The summed E-state index contributed by atoms with van der Waals surface area (Å²) in [5, 5.41) is 4.42. The minimum atomic E-state index is 0.0191. The van der Waals surface area contributed by atoms with Gasteiger partial charge in [0.25, 0.3) is 0 Å². The van der Waals surface area contributed by atoms with Crippen LogP contribution in [-0.2, 0) is 0 Å². The monoisotopic (exact) mass is 345 g/mol. The number of nitrogens with two attached hydrogens (primary N) is 1. The van der Waals surface area contributed by atoms with Crippen LogP contribution in [0, 0.1) is 6.92 Å². The van der Waals surface area contributed by atoms with Gasteiger partial charge in [-0.3, -0.25) is 4.98 Å². The molecular formula is C16H16BrN3O. The SMILES string of the molecule is Cc1ccc(C(C)Nc2c(N)cnc3ccc(Br)cc23)o1. The Morgan fingerprint density at radius 2 is 2.10 bits per heavy atom. The summed E-state index contributed by atoms with van der Waals surface area (Å²) in [7, 11) is 0. The lowest BCUT2D eigenvalue weighted by molar-refractivity contribution is 0.467. The number of pyridine rings is 1. The molecule has 2 heterocycles. The Morgan fingerprint density at radius 1 is 1.29 bits per heavy atom. The molecule has 0 radical (unpaired) electrons. The number of fused-ring (bicyclic) bond motifs is 1. The second-order valence-corrected chi connectivity index (χ2v) is 5.98. The van der Waals surface area contributed by atoms with Gasteiger partial charge in [0.05, 0.1) is 29.1 Å². The van der Waals surface area contributed by atoms with E-state index in [4.69, 9.17) is 10.2 Å². The molecule has 0 amide bonds. The molecule has 21 heavy (non-hydrogen) atoms. The van der Waals surface area contributed by atoms with Gasteiger partial charge in [-0.15, -0.1) is 0 Å². The first-order chi connectivity index (χ1) is 10.0. The predicted octanol–water partition coefficient (Wildman–Crippen LogP) is 4.65. The topological polar surface area (TPSA) is 64.1 Å². The number of anilines is 2. The lowest BCUT2D eigenvalue weighted by Crippen LogP contribution is -2.08. The van der Waals surface area contributed by atoms with Crippen LogP contribution in [0.2, 0.25) is 0 Å². The lowest BCUT2D eigenvalue weighted by atomic mass is 10.1. The van der Waals surface area contributed by atoms with Crippen molar-refractivity contribution in [2.75, 3.05) is 11.1 Å². The predicted molar refractivity (Wildman–Crippen MR) is 89.3 cm³/mol. The zero-order chi connectivity index (χ0) is 15.0. The van der Waals surface area contributed by atoms with Crippen molar-refractivity contribution in [2.45, 2.75) is 19.9 Å². The van der Waals surface area contributed by atoms with Crippen molar-refractivity contribution in [2.24, 2.45) is 0 Å². The summed E-state index contributed by atoms with van der Waals surface area (Å²) in [6.07, 6.45) is 1.68. The van der Waals surface area contributed by atoms with Gasteiger partial charge in [-0.1, -0.05) is 15.9 Å². The van der Waals surface area contributed by atoms with Gasteiger partial charge in [0, 0.05) is 9.86 Å². The van der Waals surface area contributed by atoms with Gasteiger partial charge in [-0.2, -0.15) is 0 Å². The smallest absolute Gasteiger partial charge is 0.126 e.